The lowest BCUT2D eigenvalue weighted by molar-refractivity contribution is 0.0756. The van der Waals surface area contributed by atoms with Crippen LogP contribution in [0, 0.1) is 0 Å². The molecule has 0 aliphatic carbocycles. The fourth-order valence-electron chi connectivity index (χ4n) is 2.63. The van der Waals surface area contributed by atoms with E-state index in [9.17, 15) is 4.79 Å². The molecule has 1 saturated heterocycles. The van der Waals surface area contributed by atoms with Crippen molar-refractivity contribution in [1.82, 2.24) is 14.8 Å². The number of hydrogen-bond acceptors (Lipinski definition) is 4. The Morgan fingerprint density at radius 2 is 2.35 bits per heavy atom. The minimum Gasteiger partial charge on any atom is -0.384 e. The molecule has 0 saturated carbocycles. The molecular formula is C15H24N4O. The zero-order valence-electron chi connectivity index (χ0n) is 12.6. The Morgan fingerprint density at radius 3 is 2.90 bits per heavy atom. The highest BCUT2D eigenvalue weighted by Crippen LogP contribution is 2.16. The number of rotatable bonds is 5. The molecule has 5 heteroatoms. The second kappa shape index (κ2) is 6.70. The van der Waals surface area contributed by atoms with Gasteiger partial charge in [-0.1, -0.05) is 0 Å². The van der Waals surface area contributed by atoms with Gasteiger partial charge in [-0.2, -0.15) is 0 Å². The van der Waals surface area contributed by atoms with E-state index < -0.39 is 0 Å². The molecule has 0 aromatic carbocycles. The quantitative estimate of drug-likeness (QED) is 0.889. The molecule has 0 bridgehead atoms. The molecule has 1 unspecified atom stereocenters. The van der Waals surface area contributed by atoms with Crippen molar-refractivity contribution in [3.05, 3.63) is 24.0 Å². The Balaban J connectivity index is 1.95. The number of anilines is 1. The highest BCUT2D eigenvalue weighted by Gasteiger charge is 2.24. The minimum absolute atomic E-state index is 0.00616. The highest BCUT2D eigenvalue weighted by molar-refractivity contribution is 5.92. The second-order valence-corrected chi connectivity index (χ2v) is 5.42. The lowest BCUT2D eigenvalue weighted by Gasteiger charge is -2.25. The number of likely N-dealkylation sites (N-methyl/N-ethyl adjacent to an activating group) is 2. The zero-order chi connectivity index (χ0) is 14.5. The smallest absolute Gasteiger partial charge is 0.272 e. The van der Waals surface area contributed by atoms with Crippen LogP contribution in [0.5, 0.6) is 0 Å². The van der Waals surface area contributed by atoms with Gasteiger partial charge in [0.05, 0.1) is 11.9 Å². The molecule has 0 radical (unpaired) electrons. The lowest BCUT2D eigenvalue weighted by atomic mass is 10.2. The zero-order valence-corrected chi connectivity index (χ0v) is 12.6. The van der Waals surface area contributed by atoms with Crippen LogP contribution in [0.2, 0.25) is 0 Å². The van der Waals surface area contributed by atoms with Crippen molar-refractivity contribution in [3.63, 3.8) is 0 Å². The van der Waals surface area contributed by atoms with E-state index >= 15 is 0 Å². The maximum atomic E-state index is 12.3. The summed E-state index contributed by atoms with van der Waals surface area (Å²) in [6.07, 6.45) is 4.10. The van der Waals surface area contributed by atoms with Crippen LogP contribution < -0.4 is 5.32 Å². The number of pyridine rings is 1. The van der Waals surface area contributed by atoms with Crippen molar-refractivity contribution in [2.75, 3.05) is 39.0 Å². The van der Waals surface area contributed by atoms with Crippen molar-refractivity contribution >= 4 is 11.6 Å². The van der Waals surface area contributed by atoms with Gasteiger partial charge in [0.1, 0.15) is 5.69 Å². The predicted octanol–water partition coefficient (Wildman–Crippen LogP) is 1.68. The van der Waals surface area contributed by atoms with Gasteiger partial charge >= 0.3 is 0 Å². The fourth-order valence-corrected chi connectivity index (χ4v) is 2.63. The van der Waals surface area contributed by atoms with Crippen LogP contribution in [0.4, 0.5) is 5.69 Å². The van der Waals surface area contributed by atoms with E-state index in [0.717, 1.165) is 25.3 Å². The van der Waals surface area contributed by atoms with Crippen LogP contribution in [-0.4, -0.2) is 60.5 Å². The minimum atomic E-state index is -0.00616. The largest absolute Gasteiger partial charge is 0.384 e. The van der Waals surface area contributed by atoms with Gasteiger partial charge in [-0.25, -0.2) is 4.98 Å². The molecule has 1 N–H and O–H groups in total. The normalized spacial score (nSPS) is 19.1. The van der Waals surface area contributed by atoms with E-state index in [4.69, 9.17) is 0 Å². The molecule has 0 spiro atoms. The first-order valence-corrected chi connectivity index (χ1v) is 7.27. The van der Waals surface area contributed by atoms with E-state index in [2.05, 4.69) is 22.2 Å². The SMILES string of the molecule is CCNc1ccc(C(=O)N(C)CC2CCCN2C)nc1. The molecule has 1 aliphatic rings. The Kier molecular flexibility index (Phi) is 4.95. The molecule has 1 aromatic rings. The van der Waals surface area contributed by atoms with Crippen LogP contribution in [0.1, 0.15) is 30.3 Å². The summed E-state index contributed by atoms with van der Waals surface area (Å²) < 4.78 is 0. The van der Waals surface area contributed by atoms with Crippen LogP contribution in [0.3, 0.4) is 0 Å². The molecule has 1 amide bonds. The van der Waals surface area contributed by atoms with Gasteiger partial charge in [0.25, 0.3) is 5.91 Å². The summed E-state index contributed by atoms with van der Waals surface area (Å²) in [6.45, 7) is 4.78. The van der Waals surface area contributed by atoms with Gasteiger partial charge in [0, 0.05) is 26.2 Å². The monoisotopic (exact) mass is 276 g/mol. The molecule has 2 heterocycles. The van der Waals surface area contributed by atoms with Crippen molar-refractivity contribution in [2.45, 2.75) is 25.8 Å². The first-order chi connectivity index (χ1) is 9.61. The first-order valence-electron chi connectivity index (χ1n) is 7.27. The number of carbonyl (C=O) groups is 1. The van der Waals surface area contributed by atoms with Gasteiger partial charge < -0.3 is 15.1 Å². The van der Waals surface area contributed by atoms with Gasteiger partial charge in [0.15, 0.2) is 0 Å². The molecule has 1 fully saturated rings. The Hall–Kier alpha value is -1.62. The van der Waals surface area contributed by atoms with E-state index in [1.807, 2.05) is 20.0 Å². The molecule has 2 rings (SSSR count). The van der Waals surface area contributed by atoms with E-state index in [-0.39, 0.29) is 5.91 Å². The third-order valence-electron chi connectivity index (χ3n) is 3.87. The van der Waals surface area contributed by atoms with E-state index in [1.165, 1.54) is 12.8 Å². The number of nitrogens with zero attached hydrogens (tertiary/aromatic N) is 3. The van der Waals surface area contributed by atoms with Gasteiger partial charge in [0.2, 0.25) is 0 Å². The highest BCUT2D eigenvalue weighted by atomic mass is 16.2. The molecule has 5 nitrogen and oxygen atoms in total. The van der Waals surface area contributed by atoms with Gasteiger partial charge in [-0.05, 0) is 45.5 Å². The summed E-state index contributed by atoms with van der Waals surface area (Å²) in [5.74, 6) is -0.00616. The molecule has 1 atom stereocenters. The average Bonchev–Trinajstić information content (AvgIpc) is 2.85. The molecular weight excluding hydrogens is 252 g/mol. The van der Waals surface area contributed by atoms with Crippen molar-refractivity contribution in [3.8, 4) is 0 Å². The number of amides is 1. The van der Waals surface area contributed by atoms with Gasteiger partial charge in [-0.15, -0.1) is 0 Å². The summed E-state index contributed by atoms with van der Waals surface area (Å²) in [5, 5.41) is 3.17. The Labute approximate surface area is 121 Å². The standard InChI is InChI=1S/C15H24N4O/c1-4-16-12-7-8-14(17-10-12)15(20)19(3)11-13-6-5-9-18(13)2/h7-8,10,13,16H,4-6,9,11H2,1-3H3. The molecule has 20 heavy (non-hydrogen) atoms. The molecule has 110 valence electrons. The van der Waals surface area contributed by atoms with Crippen molar-refractivity contribution in [2.24, 2.45) is 0 Å². The van der Waals surface area contributed by atoms with E-state index in [0.29, 0.717) is 11.7 Å². The predicted molar refractivity (Wildman–Crippen MR) is 81.0 cm³/mol. The van der Waals surface area contributed by atoms with Crippen LogP contribution in [-0.2, 0) is 0 Å². The van der Waals surface area contributed by atoms with Crippen LogP contribution in [0.15, 0.2) is 18.3 Å². The number of likely N-dealkylation sites (tertiary alicyclic amines) is 1. The average molecular weight is 276 g/mol. The number of nitrogens with one attached hydrogen (secondary N) is 1. The third-order valence-corrected chi connectivity index (χ3v) is 3.87. The third kappa shape index (κ3) is 3.48. The molecule has 1 aromatic heterocycles. The number of hydrogen-bond donors (Lipinski definition) is 1. The summed E-state index contributed by atoms with van der Waals surface area (Å²) in [5.41, 5.74) is 1.46. The maximum Gasteiger partial charge on any atom is 0.272 e. The summed E-state index contributed by atoms with van der Waals surface area (Å²) in [7, 11) is 3.98. The van der Waals surface area contributed by atoms with Crippen LogP contribution in [0.25, 0.3) is 0 Å². The Morgan fingerprint density at radius 1 is 1.55 bits per heavy atom. The van der Waals surface area contributed by atoms with Crippen LogP contribution >= 0.6 is 0 Å². The first kappa shape index (κ1) is 14.8. The van der Waals surface area contributed by atoms with Crippen molar-refractivity contribution < 1.29 is 4.79 Å². The molecule has 1 aliphatic heterocycles. The fraction of sp³-hybridized carbons (Fsp3) is 0.600. The number of carbonyl (C=O) groups excluding carboxylic acids is 1. The lowest BCUT2D eigenvalue weighted by Crippen LogP contribution is -2.39. The number of aromatic nitrogens is 1. The van der Waals surface area contributed by atoms with E-state index in [1.54, 1.807) is 17.2 Å². The second-order valence-electron chi connectivity index (χ2n) is 5.42. The maximum absolute atomic E-state index is 12.3. The van der Waals surface area contributed by atoms with Crippen molar-refractivity contribution in [1.29, 1.82) is 0 Å². The summed E-state index contributed by atoms with van der Waals surface area (Å²) in [4.78, 5) is 20.7. The topological polar surface area (TPSA) is 48.5 Å². The summed E-state index contributed by atoms with van der Waals surface area (Å²) >= 11 is 0. The Bertz CT molecular complexity index is 446. The summed E-state index contributed by atoms with van der Waals surface area (Å²) in [6, 6.07) is 4.17. The van der Waals surface area contributed by atoms with Gasteiger partial charge in [-0.3, -0.25) is 4.79 Å².